The zero-order valence-corrected chi connectivity index (χ0v) is 21.5. The topological polar surface area (TPSA) is 138 Å². The van der Waals surface area contributed by atoms with E-state index in [1.807, 2.05) is 0 Å². The van der Waals surface area contributed by atoms with Gasteiger partial charge in [0.05, 0.1) is 25.7 Å². The molecule has 1 saturated heterocycles. The lowest BCUT2D eigenvalue weighted by atomic mass is 10.2. The molecule has 186 valence electrons. The highest BCUT2D eigenvalue weighted by Gasteiger charge is 2.33. The summed E-state index contributed by atoms with van der Waals surface area (Å²) in [5.74, 6) is -0.741. The molecule has 2 N–H and O–H groups in total. The summed E-state index contributed by atoms with van der Waals surface area (Å²) in [6.07, 6.45) is 1.43. The predicted molar refractivity (Wildman–Crippen MR) is 127 cm³/mol. The fourth-order valence-corrected chi connectivity index (χ4v) is 5.00. The molecule has 0 saturated carbocycles. The molecule has 0 bridgehead atoms. The van der Waals surface area contributed by atoms with Gasteiger partial charge in [-0.15, -0.1) is 0 Å². The lowest BCUT2D eigenvalue weighted by Gasteiger charge is -2.23. The molecule has 1 fully saturated rings. The van der Waals surface area contributed by atoms with Gasteiger partial charge in [-0.25, -0.2) is 14.4 Å². The minimum atomic E-state index is -3.90. The highest BCUT2D eigenvalue weighted by molar-refractivity contribution is 9.10. The molecule has 2 aromatic rings. The number of rotatable bonds is 10. The molecule has 0 spiro atoms. The Hall–Kier alpha value is -2.24. The van der Waals surface area contributed by atoms with Gasteiger partial charge >= 0.3 is 19.4 Å². The third-order valence-corrected chi connectivity index (χ3v) is 7.24. The Morgan fingerprint density at radius 2 is 2.03 bits per heavy atom. The summed E-state index contributed by atoms with van der Waals surface area (Å²) in [4.78, 5) is 37.7. The number of carbonyl (C=O) groups excluding carboxylic acids is 1. The Kier molecular flexibility index (Phi) is 8.89. The first-order valence-corrected chi connectivity index (χ1v) is 12.9. The molecule has 1 aliphatic rings. The van der Waals surface area contributed by atoms with Gasteiger partial charge in [-0.05, 0) is 44.0 Å². The molecule has 4 atom stereocenters. The number of nitrogens with one attached hydrogen (secondary N) is 2. The van der Waals surface area contributed by atoms with Gasteiger partial charge < -0.3 is 14.0 Å². The fourth-order valence-electron chi connectivity index (χ4n) is 3.27. The van der Waals surface area contributed by atoms with Crippen molar-refractivity contribution in [3.63, 3.8) is 0 Å². The van der Waals surface area contributed by atoms with Crippen LogP contribution in [0.1, 0.15) is 31.6 Å². The standard InChI is InChI=1S/C21H27BrN3O8P/c1-13(20(27)30-3)10-23-34(29,33-16-6-4-15(22)5-7-16)31-12-17-8-9-18(32-17)25-11-14(2)19(26)24-21(25)28/h4-7,11,13,17-18H,8-10,12H2,1-3H3,(H,23,29)(H,24,26,28)/t13?,17-,18+,34?/m0/s1. The van der Waals surface area contributed by atoms with Crippen molar-refractivity contribution in [3.8, 4) is 5.75 Å². The van der Waals surface area contributed by atoms with E-state index in [1.165, 1.54) is 17.9 Å². The number of hydrogen-bond donors (Lipinski definition) is 2. The number of halogens is 1. The largest absolute Gasteiger partial charge is 0.469 e. The van der Waals surface area contributed by atoms with Gasteiger partial charge in [0.1, 0.15) is 12.0 Å². The minimum Gasteiger partial charge on any atom is -0.469 e. The zero-order chi connectivity index (χ0) is 24.9. The predicted octanol–water partition coefficient (Wildman–Crippen LogP) is 2.89. The van der Waals surface area contributed by atoms with Gasteiger partial charge in [-0.1, -0.05) is 22.9 Å². The van der Waals surface area contributed by atoms with E-state index in [2.05, 4.69) is 26.0 Å². The van der Waals surface area contributed by atoms with Crippen molar-refractivity contribution in [1.29, 1.82) is 0 Å². The summed E-state index contributed by atoms with van der Waals surface area (Å²) in [5.41, 5.74) is -0.624. The zero-order valence-electron chi connectivity index (χ0n) is 19.0. The van der Waals surface area contributed by atoms with Crippen molar-refractivity contribution in [2.75, 3.05) is 20.3 Å². The van der Waals surface area contributed by atoms with E-state index in [0.717, 1.165) is 4.47 Å². The average Bonchev–Trinajstić information content (AvgIpc) is 3.28. The second-order valence-corrected chi connectivity index (χ2v) is 10.6. The Bertz CT molecular complexity index is 1170. The normalized spacial score (nSPS) is 20.5. The number of aromatic nitrogens is 2. The Balaban J connectivity index is 1.67. The summed E-state index contributed by atoms with van der Waals surface area (Å²) in [5, 5.41) is 2.71. The van der Waals surface area contributed by atoms with Crippen molar-refractivity contribution < 1.29 is 27.9 Å². The van der Waals surface area contributed by atoms with Crippen LogP contribution in [0.15, 0.2) is 44.5 Å². The van der Waals surface area contributed by atoms with Crippen molar-refractivity contribution in [2.45, 2.75) is 39.0 Å². The first-order valence-electron chi connectivity index (χ1n) is 10.6. The number of H-pyrrole nitrogens is 1. The second-order valence-electron chi connectivity index (χ2n) is 7.89. The van der Waals surface area contributed by atoms with Gasteiger partial charge in [0, 0.05) is 22.8 Å². The molecule has 34 heavy (non-hydrogen) atoms. The van der Waals surface area contributed by atoms with E-state index >= 15 is 0 Å². The third-order valence-electron chi connectivity index (χ3n) is 5.21. The number of nitrogens with zero attached hydrogens (tertiary/aromatic N) is 1. The summed E-state index contributed by atoms with van der Waals surface area (Å²) >= 11 is 3.33. The summed E-state index contributed by atoms with van der Waals surface area (Å²) in [6.45, 7) is 3.14. The van der Waals surface area contributed by atoms with Crippen molar-refractivity contribution >= 4 is 29.6 Å². The van der Waals surface area contributed by atoms with Crippen LogP contribution in [0.2, 0.25) is 0 Å². The number of esters is 1. The maximum absolute atomic E-state index is 13.5. The molecule has 0 amide bonds. The number of ether oxygens (including phenoxy) is 2. The first kappa shape index (κ1) is 26.4. The highest BCUT2D eigenvalue weighted by Crippen LogP contribution is 2.45. The second kappa shape index (κ2) is 11.5. The Morgan fingerprint density at radius 3 is 2.71 bits per heavy atom. The molecular weight excluding hydrogens is 533 g/mol. The molecule has 2 heterocycles. The van der Waals surface area contributed by atoms with E-state index in [1.54, 1.807) is 38.1 Å². The van der Waals surface area contributed by atoms with Crippen molar-refractivity contribution in [2.24, 2.45) is 5.92 Å². The molecule has 2 unspecified atom stereocenters. The fraction of sp³-hybridized carbons (Fsp3) is 0.476. The van der Waals surface area contributed by atoms with E-state index < -0.39 is 43.2 Å². The number of hydrogen-bond acceptors (Lipinski definition) is 8. The third kappa shape index (κ3) is 6.89. The lowest BCUT2D eigenvalue weighted by molar-refractivity contribution is -0.144. The smallest absolute Gasteiger partial charge is 0.458 e. The number of aryl methyl sites for hydroxylation is 1. The monoisotopic (exact) mass is 559 g/mol. The van der Waals surface area contributed by atoms with Gasteiger partial charge in [0.15, 0.2) is 0 Å². The molecule has 1 aliphatic heterocycles. The molecule has 0 aliphatic carbocycles. The van der Waals surface area contributed by atoms with Crippen LogP contribution in [-0.2, 0) is 23.4 Å². The lowest BCUT2D eigenvalue weighted by Crippen LogP contribution is -2.33. The number of benzene rings is 1. The quantitative estimate of drug-likeness (QED) is 0.332. The highest BCUT2D eigenvalue weighted by atomic mass is 79.9. The maximum atomic E-state index is 13.5. The van der Waals surface area contributed by atoms with Crippen LogP contribution in [0, 0.1) is 12.8 Å². The SMILES string of the molecule is COC(=O)C(C)CNP(=O)(OC[C@@H]1CC[C@H](n2cc(C)c(=O)[nH]c2=O)O1)Oc1ccc(Br)cc1. The molecule has 11 nitrogen and oxygen atoms in total. The first-order chi connectivity index (χ1) is 16.1. The van der Waals surface area contributed by atoms with E-state index in [4.69, 9.17) is 18.5 Å². The van der Waals surface area contributed by atoms with E-state index in [0.29, 0.717) is 24.2 Å². The molecular formula is C21H27BrN3O8P. The number of aromatic amines is 1. The Morgan fingerprint density at radius 1 is 1.32 bits per heavy atom. The minimum absolute atomic E-state index is 0.000672. The van der Waals surface area contributed by atoms with Crippen molar-refractivity contribution in [1.82, 2.24) is 14.6 Å². The van der Waals surface area contributed by atoms with Crippen LogP contribution in [0.3, 0.4) is 0 Å². The van der Waals surface area contributed by atoms with E-state index in [-0.39, 0.29) is 13.2 Å². The van der Waals surface area contributed by atoms with Crippen LogP contribution < -0.4 is 20.9 Å². The Labute approximate surface area is 204 Å². The summed E-state index contributed by atoms with van der Waals surface area (Å²) in [6, 6.07) is 6.70. The number of carbonyl (C=O) groups is 1. The van der Waals surface area contributed by atoms with Gasteiger partial charge in [0.25, 0.3) is 5.56 Å². The van der Waals surface area contributed by atoms with Crippen LogP contribution in [0.5, 0.6) is 5.75 Å². The molecule has 13 heteroatoms. The molecule has 0 radical (unpaired) electrons. The van der Waals surface area contributed by atoms with Crippen LogP contribution in [-0.4, -0.2) is 41.9 Å². The van der Waals surface area contributed by atoms with Gasteiger partial charge in [0.2, 0.25) is 0 Å². The maximum Gasteiger partial charge on any atom is 0.458 e. The molecule has 1 aromatic heterocycles. The summed E-state index contributed by atoms with van der Waals surface area (Å²) < 4.78 is 37.5. The van der Waals surface area contributed by atoms with Gasteiger partial charge in [-0.3, -0.25) is 23.7 Å². The summed E-state index contributed by atoms with van der Waals surface area (Å²) in [7, 11) is -2.62. The molecule has 3 rings (SSSR count). The van der Waals surface area contributed by atoms with E-state index in [9.17, 15) is 18.9 Å². The van der Waals surface area contributed by atoms with Crippen LogP contribution in [0.25, 0.3) is 0 Å². The van der Waals surface area contributed by atoms with Crippen LogP contribution >= 0.6 is 23.7 Å². The molecule has 1 aromatic carbocycles. The van der Waals surface area contributed by atoms with Gasteiger partial charge in [-0.2, -0.15) is 0 Å². The van der Waals surface area contributed by atoms with Crippen molar-refractivity contribution in [3.05, 3.63) is 61.3 Å². The van der Waals surface area contributed by atoms with Crippen LogP contribution in [0.4, 0.5) is 0 Å². The average molecular weight is 560 g/mol. The number of methoxy groups -OCH3 is 1.